The Kier molecular flexibility index (Phi) is 10.1. The van der Waals surface area contributed by atoms with Crippen molar-refractivity contribution in [3.63, 3.8) is 0 Å². The molecule has 4 rings (SSSR count). The summed E-state index contributed by atoms with van der Waals surface area (Å²) < 4.78 is 17.9. The Morgan fingerprint density at radius 1 is 0.977 bits per heavy atom. The van der Waals surface area contributed by atoms with Crippen LogP contribution in [0.15, 0.2) is 73.1 Å². The number of carboxylic acids is 1. The number of rotatable bonds is 12. The molecule has 0 spiro atoms. The largest absolute Gasteiger partial charge is 0.545 e. The molecule has 0 saturated heterocycles. The smallest absolute Gasteiger partial charge is 0.242 e. The molecule has 2 N–H and O–H groups in total. The molecule has 3 aromatic carbocycles. The van der Waals surface area contributed by atoms with Crippen LogP contribution in [0, 0.1) is 0 Å². The summed E-state index contributed by atoms with van der Waals surface area (Å²) in [5.74, 6) is -0.0976. The predicted octanol–water partition coefficient (Wildman–Crippen LogP) is 6.10. The molecular weight excluding hydrogens is 607 g/mol. The van der Waals surface area contributed by atoms with Gasteiger partial charge in [-0.15, -0.1) is 0 Å². The molecule has 0 unspecified atom stereocenters. The number of aromatic nitrogens is 1. The standard InChI is InChI=1S/C32H34Cl2N2O6Si/c1-40-29-13-12-20(14-30(29)41-2)25(16-26-27(33)18-36(39)19-28(26)34)31-21(8-6-11-24(31)32(37)38)17-35-22-9-7-10-23(15-22)42-43(3,4)5/h6-15,18-19,25,35H,16-17H2,1-5H3,(H-,37,38,39)/t25-/m0/s1. The molecule has 226 valence electrons. The van der Waals surface area contributed by atoms with Gasteiger partial charge in [0.05, 0.1) is 20.2 Å². The fraction of sp³-hybridized carbons (Fsp3) is 0.250. The number of carbonyl (C=O) groups is 1. The first-order chi connectivity index (χ1) is 20.4. The molecule has 11 heteroatoms. The van der Waals surface area contributed by atoms with Crippen molar-refractivity contribution >= 4 is 43.2 Å². The summed E-state index contributed by atoms with van der Waals surface area (Å²) in [5, 5.41) is 26.4. The zero-order valence-corrected chi connectivity index (χ0v) is 27.1. The van der Waals surface area contributed by atoms with Gasteiger partial charge in [0.15, 0.2) is 11.5 Å². The van der Waals surface area contributed by atoms with E-state index < -0.39 is 20.2 Å². The van der Waals surface area contributed by atoms with Crippen molar-refractivity contribution in [2.45, 2.75) is 38.5 Å². The maximum atomic E-state index is 12.5. The lowest BCUT2D eigenvalue weighted by atomic mass is 9.81. The van der Waals surface area contributed by atoms with E-state index in [0.29, 0.717) is 29.2 Å². The van der Waals surface area contributed by atoms with Crippen LogP contribution in [0.1, 0.15) is 38.5 Å². The average molecular weight is 642 g/mol. The zero-order chi connectivity index (χ0) is 31.3. The summed E-state index contributed by atoms with van der Waals surface area (Å²) in [6, 6.07) is 18.2. The fourth-order valence-corrected chi connectivity index (χ4v) is 6.41. The van der Waals surface area contributed by atoms with Gasteiger partial charge in [0.1, 0.15) is 15.8 Å². The molecule has 1 aromatic heterocycles. The quantitative estimate of drug-likeness (QED) is 0.110. The van der Waals surface area contributed by atoms with Gasteiger partial charge >= 0.3 is 0 Å². The molecule has 0 amide bonds. The van der Waals surface area contributed by atoms with Gasteiger partial charge in [-0.2, -0.15) is 0 Å². The fourth-order valence-electron chi connectivity index (χ4n) is 4.97. The summed E-state index contributed by atoms with van der Waals surface area (Å²) in [7, 11) is 1.26. The number of anilines is 1. The number of benzene rings is 3. The highest BCUT2D eigenvalue weighted by Gasteiger charge is 2.27. The van der Waals surface area contributed by atoms with E-state index in [1.807, 2.05) is 36.4 Å². The van der Waals surface area contributed by atoms with Crippen LogP contribution >= 0.6 is 23.2 Å². The Hall–Kier alpha value is -3.92. The van der Waals surface area contributed by atoms with Crippen LogP contribution in [-0.4, -0.2) is 33.7 Å². The SMILES string of the molecule is COc1ccc([C@H](Cc2c(Cl)c[n+](O)cc2Cl)c2c(CNc3cccc(O[Si](C)(C)C)c3)cccc2C(=O)[O-])cc1OC. The van der Waals surface area contributed by atoms with Crippen molar-refractivity contribution in [3.8, 4) is 17.2 Å². The second-order valence-electron chi connectivity index (χ2n) is 10.9. The Balaban J connectivity index is 1.84. The number of carboxylic acid groups (broad SMARTS) is 1. The Morgan fingerprint density at radius 2 is 1.65 bits per heavy atom. The van der Waals surface area contributed by atoms with E-state index >= 15 is 0 Å². The minimum absolute atomic E-state index is 0.0373. The summed E-state index contributed by atoms with van der Waals surface area (Å²) in [6.45, 7) is 6.66. The number of nitrogens with zero attached hydrogens (tertiary/aromatic N) is 1. The van der Waals surface area contributed by atoms with Crippen molar-refractivity contribution in [3.05, 3.63) is 111 Å². The molecule has 0 radical (unpaired) electrons. The van der Waals surface area contributed by atoms with Crippen molar-refractivity contribution in [2.24, 2.45) is 0 Å². The first kappa shape index (κ1) is 32.0. The number of hydrogen-bond acceptors (Lipinski definition) is 7. The molecule has 8 nitrogen and oxygen atoms in total. The normalized spacial score (nSPS) is 12.0. The van der Waals surface area contributed by atoms with Crippen molar-refractivity contribution in [2.75, 3.05) is 19.5 Å². The molecule has 0 aliphatic carbocycles. The molecule has 4 aromatic rings. The molecule has 43 heavy (non-hydrogen) atoms. The molecular formula is C32H34Cl2N2O6Si. The summed E-state index contributed by atoms with van der Waals surface area (Å²) in [5.41, 5.74) is 3.41. The lowest BCUT2D eigenvalue weighted by Crippen LogP contribution is -2.29. The number of nitrogens with one attached hydrogen (secondary N) is 1. The maximum absolute atomic E-state index is 12.5. The topological polar surface area (TPSA) is 104 Å². The van der Waals surface area contributed by atoms with Crippen LogP contribution in [0.5, 0.6) is 17.2 Å². The third-order valence-corrected chi connectivity index (χ3v) is 8.29. The van der Waals surface area contributed by atoms with Gasteiger partial charge in [-0.25, -0.2) is 0 Å². The Morgan fingerprint density at radius 3 is 2.28 bits per heavy atom. The van der Waals surface area contributed by atoms with E-state index in [2.05, 4.69) is 25.0 Å². The third-order valence-electron chi connectivity index (χ3n) is 6.79. The lowest BCUT2D eigenvalue weighted by molar-refractivity contribution is -0.904. The predicted molar refractivity (Wildman–Crippen MR) is 167 cm³/mol. The van der Waals surface area contributed by atoms with E-state index in [1.165, 1.54) is 25.6 Å². The lowest BCUT2D eigenvalue weighted by Gasteiger charge is -2.26. The van der Waals surface area contributed by atoms with Gasteiger partial charge in [-0.3, -0.25) is 5.21 Å². The van der Waals surface area contributed by atoms with E-state index in [-0.39, 0.29) is 22.0 Å². The first-order valence-electron chi connectivity index (χ1n) is 13.6. The van der Waals surface area contributed by atoms with Gasteiger partial charge in [-0.1, -0.05) is 53.5 Å². The molecule has 1 heterocycles. The van der Waals surface area contributed by atoms with Crippen LogP contribution in [0.3, 0.4) is 0 Å². The minimum Gasteiger partial charge on any atom is -0.545 e. The highest BCUT2D eigenvalue weighted by molar-refractivity contribution is 6.70. The van der Waals surface area contributed by atoms with Gasteiger partial charge in [0.2, 0.25) is 20.7 Å². The Labute approximate surface area is 262 Å². The molecule has 0 aliphatic rings. The Bertz CT molecular complexity index is 1600. The van der Waals surface area contributed by atoms with Crippen molar-refractivity contribution in [1.82, 2.24) is 0 Å². The molecule has 0 saturated carbocycles. The number of halogens is 2. The van der Waals surface area contributed by atoms with Crippen LogP contribution < -0.4 is 29.1 Å². The summed E-state index contributed by atoms with van der Waals surface area (Å²) in [6.07, 6.45) is 2.87. The van der Waals surface area contributed by atoms with Gasteiger partial charge < -0.3 is 29.1 Å². The van der Waals surface area contributed by atoms with Crippen LogP contribution in [0.4, 0.5) is 5.69 Å². The van der Waals surface area contributed by atoms with Gasteiger partial charge in [0, 0.05) is 40.1 Å². The van der Waals surface area contributed by atoms with E-state index in [1.54, 1.807) is 25.3 Å². The zero-order valence-electron chi connectivity index (χ0n) is 24.6. The van der Waals surface area contributed by atoms with Gasteiger partial charge in [-0.05, 0) is 67.0 Å². The average Bonchev–Trinajstić information content (AvgIpc) is 2.94. The van der Waals surface area contributed by atoms with E-state index in [4.69, 9.17) is 37.1 Å². The molecule has 0 bridgehead atoms. The second-order valence-corrected chi connectivity index (χ2v) is 16.2. The summed E-state index contributed by atoms with van der Waals surface area (Å²) >= 11 is 13.1. The second kappa shape index (κ2) is 13.6. The minimum atomic E-state index is -1.81. The highest BCUT2D eigenvalue weighted by atomic mass is 35.5. The van der Waals surface area contributed by atoms with Crippen LogP contribution in [0.2, 0.25) is 29.7 Å². The van der Waals surface area contributed by atoms with E-state index in [9.17, 15) is 15.1 Å². The number of ether oxygens (including phenoxy) is 2. The molecule has 1 atom stereocenters. The van der Waals surface area contributed by atoms with Crippen molar-refractivity contribution in [1.29, 1.82) is 0 Å². The van der Waals surface area contributed by atoms with Crippen LogP contribution in [-0.2, 0) is 13.0 Å². The number of hydrogen-bond donors (Lipinski definition) is 2. The summed E-state index contributed by atoms with van der Waals surface area (Å²) in [4.78, 5) is 12.5. The van der Waals surface area contributed by atoms with Gasteiger partial charge in [0.25, 0.3) is 0 Å². The number of carbonyl (C=O) groups excluding carboxylic acids is 1. The third kappa shape index (κ3) is 7.93. The van der Waals surface area contributed by atoms with E-state index in [0.717, 1.165) is 27.3 Å². The highest BCUT2D eigenvalue weighted by Crippen LogP contribution is 2.40. The maximum Gasteiger partial charge on any atom is 0.242 e. The molecule has 0 aliphatic heterocycles. The van der Waals surface area contributed by atoms with Crippen molar-refractivity contribution < 1.29 is 33.7 Å². The number of aromatic carboxylic acids is 1. The number of methoxy groups -OCH3 is 2. The first-order valence-corrected chi connectivity index (χ1v) is 17.7. The molecule has 0 fully saturated rings. The number of pyridine rings is 1. The van der Waals surface area contributed by atoms with Crippen LogP contribution in [0.25, 0.3) is 0 Å². The monoisotopic (exact) mass is 640 g/mol.